The van der Waals surface area contributed by atoms with Gasteiger partial charge < -0.3 is 10.6 Å². The van der Waals surface area contributed by atoms with Crippen molar-refractivity contribution in [3.63, 3.8) is 0 Å². The van der Waals surface area contributed by atoms with Crippen molar-refractivity contribution in [1.82, 2.24) is 5.32 Å². The van der Waals surface area contributed by atoms with Crippen molar-refractivity contribution < 1.29 is 0 Å². The molecular weight excluding hydrogens is 220 g/mol. The summed E-state index contributed by atoms with van der Waals surface area (Å²) < 4.78 is 0. The summed E-state index contributed by atoms with van der Waals surface area (Å²) in [4.78, 5) is 0. The van der Waals surface area contributed by atoms with Crippen molar-refractivity contribution >= 4 is 5.69 Å². The van der Waals surface area contributed by atoms with Gasteiger partial charge in [-0.2, -0.15) is 0 Å². The summed E-state index contributed by atoms with van der Waals surface area (Å²) in [5, 5.41) is 7.00. The van der Waals surface area contributed by atoms with Gasteiger partial charge in [-0.3, -0.25) is 0 Å². The van der Waals surface area contributed by atoms with Crippen LogP contribution in [0.4, 0.5) is 5.69 Å². The van der Waals surface area contributed by atoms with Gasteiger partial charge in [0.15, 0.2) is 0 Å². The molecule has 1 atom stereocenters. The third-order valence-corrected chi connectivity index (χ3v) is 3.50. The van der Waals surface area contributed by atoms with E-state index in [1.165, 1.54) is 16.8 Å². The SMILES string of the molecule is c1ccc(CNC[C@@H]2CNc3ccccc32)cc1. The van der Waals surface area contributed by atoms with Crippen LogP contribution in [0.25, 0.3) is 0 Å². The fourth-order valence-electron chi connectivity index (χ4n) is 2.53. The average molecular weight is 238 g/mol. The Morgan fingerprint density at radius 2 is 1.78 bits per heavy atom. The third-order valence-electron chi connectivity index (χ3n) is 3.50. The van der Waals surface area contributed by atoms with E-state index >= 15 is 0 Å². The zero-order valence-electron chi connectivity index (χ0n) is 10.4. The number of benzene rings is 2. The predicted molar refractivity (Wildman–Crippen MR) is 75.8 cm³/mol. The van der Waals surface area contributed by atoms with Crippen LogP contribution in [0.5, 0.6) is 0 Å². The summed E-state index contributed by atoms with van der Waals surface area (Å²) in [7, 11) is 0. The molecule has 0 bridgehead atoms. The van der Waals surface area contributed by atoms with Gasteiger partial charge in [-0.25, -0.2) is 0 Å². The minimum absolute atomic E-state index is 0.588. The van der Waals surface area contributed by atoms with Crippen molar-refractivity contribution in [3.8, 4) is 0 Å². The van der Waals surface area contributed by atoms with Crippen LogP contribution in [-0.2, 0) is 6.54 Å². The van der Waals surface area contributed by atoms with Gasteiger partial charge in [0.05, 0.1) is 0 Å². The second-order valence-corrected chi connectivity index (χ2v) is 4.78. The maximum Gasteiger partial charge on any atom is 0.0376 e. The highest BCUT2D eigenvalue weighted by Crippen LogP contribution is 2.30. The van der Waals surface area contributed by atoms with Crippen LogP contribution in [0.2, 0.25) is 0 Å². The van der Waals surface area contributed by atoms with Crippen molar-refractivity contribution in [3.05, 3.63) is 65.7 Å². The van der Waals surface area contributed by atoms with E-state index in [9.17, 15) is 0 Å². The largest absolute Gasteiger partial charge is 0.384 e. The van der Waals surface area contributed by atoms with Gasteiger partial charge >= 0.3 is 0 Å². The lowest BCUT2D eigenvalue weighted by molar-refractivity contribution is 0.613. The highest BCUT2D eigenvalue weighted by atomic mass is 14.9. The summed E-state index contributed by atoms with van der Waals surface area (Å²) >= 11 is 0. The van der Waals surface area contributed by atoms with Crippen LogP contribution in [0.15, 0.2) is 54.6 Å². The zero-order chi connectivity index (χ0) is 12.2. The molecule has 2 N–H and O–H groups in total. The molecular formula is C16H18N2. The second-order valence-electron chi connectivity index (χ2n) is 4.78. The van der Waals surface area contributed by atoms with E-state index < -0.39 is 0 Å². The molecule has 3 rings (SSSR count). The maximum absolute atomic E-state index is 3.54. The highest BCUT2D eigenvalue weighted by Gasteiger charge is 2.20. The minimum Gasteiger partial charge on any atom is -0.384 e. The Kier molecular flexibility index (Phi) is 3.29. The molecule has 2 heteroatoms. The van der Waals surface area contributed by atoms with Crippen molar-refractivity contribution in [2.24, 2.45) is 0 Å². The topological polar surface area (TPSA) is 24.1 Å². The van der Waals surface area contributed by atoms with Crippen LogP contribution < -0.4 is 10.6 Å². The minimum atomic E-state index is 0.588. The molecule has 1 aliphatic rings. The van der Waals surface area contributed by atoms with Crippen molar-refractivity contribution in [1.29, 1.82) is 0 Å². The summed E-state index contributed by atoms with van der Waals surface area (Å²) in [5.41, 5.74) is 4.08. The number of hydrogen-bond donors (Lipinski definition) is 2. The molecule has 18 heavy (non-hydrogen) atoms. The van der Waals surface area contributed by atoms with E-state index in [1.54, 1.807) is 0 Å². The standard InChI is InChI=1S/C16H18N2/c1-2-6-13(7-3-1)10-17-11-14-12-18-16-9-5-4-8-15(14)16/h1-9,14,17-18H,10-12H2/t14-/m1/s1. The van der Waals surface area contributed by atoms with E-state index in [0.717, 1.165) is 19.6 Å². The molecule has 2 aromatic carbocycles. The van der Waals surface area contributed by atoms with E-state index in [0.29, 0.717) is 5.92 Å². The third kappa shape index (κ3) is 2.39. The Balaban J connectivity index is 1.56. The Hall–Kier alpha value is -1.80. The summed E-state index contributed by atoms with van der Waals surface area (Å²) in [6.07, 6.45) is 0. The molecule has 0 saturated carbocycles. The van der Waals surface area contributed by atoms with Crippen molar-refractivity contribution in [2.45, 2.75) is 12.5 Å². The molecule has 92 valence electrons. The molecule has 0 spiro atoms. The predicted octanol–water partition coefficient (Wildman–Crippen LogP) is 2.99. The summed E-state index contributed by atoms with van der Waals surface area (Å²) in [5.74, 6) is 0.588. The molecule has 1 heterocycles. The van der Waals surface area contributed by atoms with Crippen LogP contribution >= 0.6 is 0 Å². The molecule has 0 fully saturated rings. The number of rotatable bonds is 4. The Labute approximate surface area is 108 Å². The lowest BCUT2D eigenvalue weighted by Crippen LogP contribution is -2.22. The summed E-state index contributed by atoms with van der Waals surface area (Å²) in [6.45, 7) is 3.01. The number of anilines is 1. The van der Waals surface area contributed by atoms with Crippen LogP contribution in [0, 0.1) is 0 Å². The van der Waals surface area contributed by atoms with Crippen LogP contribution in [0.3, 0.4) is 0 Å². The van der Waals surface area contributed by atoms with Gasteiger partial charge in [0.1, 0.15) is 0 Å². The zero-order valence-corrected chi connectivity index (χ0v) is 10.4. The molecule has 0 saturated heterocycles. The van der Waals surface area contributed by atoms with Crippen LogP contribution in [0.1, 0.15) is 17.0 Å². The van der Waals surface area contributed by atoms with Gasteiger partial charge in [-0.1, -0.05) is 48.5 Å². The number of hydrogen-bond acceptors (Lipinski definition) is 2. The number of nitrogens with one attached hydrogen (secondary N) is 2. The molecule has 0 amide bonds. The fraction of sp³-hybridized carbons (Fsp3) is 0.250. The summed E-state index contributed by atoms with van der Waals surface area (Å²) in [6, 6.07) is 19.1. The van der Waals surface area contributed by atoms with Crippen molar-refractivity contribution in [2.75, 3.05) is 18.4 Å². The molecule has 2 aromatic rings. The first kappa shape index (κ1) is 11.3. The first-order valence-corrected chi connectivity index (χ1v) is 6.51. The van der Waals surface area contributed by atoms with Gasteiger partial charge in [-0.05, 0) is 17.2 Å². The first-order valence-electron chi connectivity index (χ1n) is 6.51. The highest BCUT2D eigenvalue weighted by molar-refractivity contribution is 5.57. The average Bonchev–Trinajstić information content (AvgIpc) is 2.84. The van der Waals surface area contributed by atoms with Gasteiger partial charge in [0.2, 0.25) is 0 Å². The second kappa shape index (κ2) is 5.23. The van der Waals surface area contributed by atoms with Crippen LogP contribution in [-0.4, -0.2) is 13.1 Å². The number of para-hydroxylation sites is 1. The van der Waals surface area contributed by atoms with Gasteiger partial charge in [0.25, 0.3) is 0 Å². The maximum atomic E-state index is 3.54. The molecule has 0 aromatic heterocycles. The molecule has 2 nitrogen and oxygen atoms in total. The van der Waals surface area contributed by atoms with E-state index in [-0.39, 0.29) is 0 Å². The van der Waals surface area contributed by atoms with Gasteiger partial charge in [-0.15, -0.1) is 0 Å². The molecule has 1 aliphatic heterocycles. The monoisotopic (exact) mass is 238 g/mol. The number of fused-ring (bicyclic) bond motifs is 1. The Morgan fingerprint density at radius 3 is 2.67 bits per heavy atom. The quantitative estimate of drug-likeness (QED) is 0.855. The van der Waals surface area contributed by atoms with E-state index in [1.807, 2.05) is 0 Å². The Bertz CT molecular complexity index is 508. The molecule has 0 aliphatic carbocycles. The Morgan fingerprint density at radius 1 is 1.00 bits per heavy atom. The van der Waals surface area contributed by atoms with E-state index in [4.69, 9.17) is 0 Å². The van der Waals surface area contributed by atoms with Gasteiger partial charge in [0, 0.05) is 31.2 Å². The molecule has 0 unspecified atom stereocenters. The fourth-order valence-corrected chi connectivity index (χ4v) is 2.53. The lowest BCUT2D eigenvalue weighted by atomic mass is 10.0. The normalized spacial score (nSPS) is 17.2. The first-order chi connectivity index (χ1) is 8.93. The lowest BCUT2D eigenvalue weighted by Gasteiger charge is -2.11. The van der Waals surface area contributed by atoms with E-state index in [2.05, 4.69) is 65.2 Å². The smallest absolute Gasteiger partial charge is 0.0376 e. The molecule has 0 radical (unpaired) electrons.